The average molecular weight is 522 g/mol. The number of Topliss-reactive ketones (excluding diaryl/α,β-unsaturated/α-hetero) is 1. The Kier molecular flexibility index (Phi) is 7.74. The average Bonchev–Trinajstić information content (AvgIpc) is 3.13. The predicted molar refractivity (Wildman–Crippen MR) is 141 cm³/mol. The van der Waals surface area contributed by atoms with Gasteiger partial charge in [-0.25, -0.2) is 0 Å². The molecule has 0 saturated carbocycles. The van der Waals surface area contributed by atoms with Crippen molar-refractivity contribution in [3.8, 4) is 17.2 Å². The topological polar surface area (TPSA) is 85.3 Å². The Morgan fingerprint density at radius 3 is 2.32 bits per heavy atom. The third-order valence-electron chi connectivity index (χ3n) is 6.02. The molecule has 7 nitrogen and oxygen atoms in total. The summed E-state index contributed by atoms with van der Waals surface area (Å²) in [6, 6.07) is 18.3. The molecule has 0 radical (unpaired) electrons. The van der Waals surface area contributed by atoms with Gasteiger partial charge in [0.25, 0.3) is 11.7 Å². The largest absolute Gasteiger partial charge is 0.507 e. The molecule has 1 aliphatic heterocycles. The molecule has 1 atom stereocenters. The highest BCUT2D eigenvalue weighted by Gasteiger charge is 2.46. The monoisotopic (exact) mass is 521 g/mol. The summed E-state index contributed by atoms with van der Waals surface area (Å²) in [6.07, 6.45) is -0.0673. The fraction of sp³-hybridized carbons (Fsp3) is 0.241. The van der Waals surface area contributed by atoms with Gasteiger partial charge >= 0.3 is 0 Å². The van der Waals surface area contributed by atoms with Crippen LogP contribution in [-0.2, 0) is 16.1 Å². The Morgan fingerprint density at radius 1 is 0.973 bits per heavy atom. The summed E-state index contributed by atoms with van der Waals surface area (Å²) in [7, 11) is 3.06. The van der Waals surface area contributed by atoms with Crippen LogP contribution in [0.1, 0.15) is 36.6 Å². The minimum absolute atomic E-state index is 0.0264. The van der Waals surface area contributed by atoms with Crippen molar-refractivity contribution in [3.05, 3.63) is 94.0 Å². The van der Waals surface area contributed by atoms with Gasteiger partial charge in [-0.15, -0.1) is 0 Å². The molecule has 3 aromatic rings. The molecular weight excluding hydrogens is 494 g/mol. The van der Waals surface area contributed by atoms with Crippen LogP contribution >= 0.6 is 11.6 Å². The summed E-state index contributed by atoms with van der Waals surface area (Å²) in [5.41, 5.74) is 1.70. The van der Waals surface area contributed by atoms with Crippen LogP contribution in [0.3, 0.4) is 0 Å². The van der Waals surface area contributed by atoms with Gasteiger partial charge in [-0.1, -0.05) is 35.9 Å². The van der Waals surface area contributed by atoms with Crippen molar-refractivity contribution in [2.24, 2.45) is 0 Å². The predicted octanol–water partition coefficient (Wildman–Crippen LogP) is 5.77. The zero-order valence-electron chi connectivity index (χ0n) is 21.0. The summed E-state index contributed by atoms with van der Waals surface area (Å²) in [5, 5.41) is 11.6. The van der Waals surface area contributed by atoms with Crippen molar-refractivity contribution in [2.75, 3.05) is 14.2 Å². The second kappa shape index (κ2) is 11.0. The van der Waals surface area contributed by atoms with Gasteiger partial charge in [-0.05, 0) is 67.4 Å². The van der Waals surface area contributed by atoms with Crippen LogP contribution in [-0.4, -0.2) is 42.0 Å². The summed E-state index contributed by atoms with van der Waals surface area (Å²) in [5.74, 6) is -0.115. The van der Waals surface area contributed by atoms with E-state index in [1.807, 2.05) is 32.0 Å². The molecule has 1 unspecified atom stereocenters. The molecule has 1 aliphatic rings. The molecule has 0 aliphatic carbocycles. The number of likely N-dealkylation sites (tertiary alicyclic amines) is 1. The van der Waals surface area contributed by atoms with E-state index in [1.165, 1.54) is 18.1 Å². The van der Waals surface area contributed by atoms with Crippen LogP contribution in [0.25, 0.3) is 5.76 Å². The first kappa shape index (κ1) is 26.1. The van der Waals surface area contributed by atoms with Gasteiger partial charge in [0.05, 0.1) is 37.0 Å². The molecule has 1 saturated heterocycles. The van der Waals surface area contributed by atoms with Crippen LogP contribution in [0.15, 0.2) is 72.3 Å². The Bertz CT molecular complexity index is 1350. The first-order chi connectivity index (χ1) is 17.7. The van der Waals surface area contributed by atoms with Crippen molar-refractivity contribution in [1.82, 2.24) is 4.90 Å². The number of hydrogen-bond acceptors (Lipinski definition) is 6. The molecule has 3 aromatic carbocycles. The van der Waals surface area contributed by atoms with E-state index in [1.54, 1.807) is 49.6 Å². The van der Waals surface area contributed by atoms with E-state index in [0.29, 0.717) is 28.4 Å². The minimum atomic E-state index is -0.848. The molecular formula is C29H28ClNO6. The van der Waals surface area contributed by atoms with Gasteiger partial charge in [0.2, 0.25) is 0 Å². The minimum Gasteiger partial charge on any atom is -0.507 e. The zero-order valence-corrected chi connectivity index (χ0v) is 21.8. The summed E-state index contributed by atoms with van der Waals surface area (Å²) in [4.78, 5) is 28.1. The number of aliphatic hydroxyl groups is 1. The maximum Gasteiger partial charge on any atom is 0.295 e. The summed E-state index contributed by atoms with van der Waals surface area (Å²) in [6.45, 7) is 3.97. The lowest BCUT2D eigenvalue weighted by Gasteiger charge is -2.26. The van der Waals surface area contributed by atoms with Gasteiger partial charge in [0, 0.05) is 12.1 Å². The Balaban J connectivity index is 1.85. The maximum atomic E-state index is 13.4. The first-order valence-corrected chi connectivity index (χ1v) is 12.1. The lowest BCUT2D eigenvalue weighted by Crippen LogP contribution is -2.29. The van der Waals surface area contributed by atoms with E-state index in [2.05, 4.69) is 0 Å². The molecule has 1 fully saturated rings. The second-order valence-corrected chi connectivity index (χ2v) is 9.27. The van der Waals surface area contributed by atoms with Crippen LogP contribution in [0.5, 0.6) is 17.2 Å². The highest BCUT2D eigenvalue weighted by Crippen LogP contribution is 2.42. The van der Waals surface area contributed by atoms with Gasteiger partial charge in [-0.2, -0.15) is 0 Å². The Hall–Kier alpha value is -3.97. The van der Waals surface area contributed by atoms with E-state index in [4.69, 9.17) is 25.8 Å². The van der Waals surface area contributed by atoms with Crippen molar-refractivity contribution in [1.29, 1.82) is 0 Å². The number of halogens is 1. The number of carbonyl (C=O) groups is 2. The molecule has 1 amide bonds. The van der Waals surface area contributed by atoms with Gasteiger partial charge in [-0.3, -0.25) is 9.59 Å². The fourth-order valence-electron chi connectivity index (χ4n) is 4.32. The fourth-order valence-corrected chi connectivity index (χ4v) is 4.57. The standard InChI is InChI=1S/C29H28ClNO6/c1-17(2)37-22-7-5-6-19(14-22)26-25(27(32)20-10-13-24(36-4)23(30)15-20)28(33)29(34)31(26)16-18-8-11-21(35-3)12-9-18/h5-15,17,26,32H,16H2,1-4H3/b27-25+. The summed E-state index contributed by atoms with van der Waals surface area (Å²) < 4.78 is 16.3. The number of ketones is 1. The van der Waals surface area contributed by atoms with E-state index >= 15 is 0 Å². The third kappa shape index (κ3) is 5.42. The van der Waals surface area contributed by atoms with Gasteiger partial charge < -0.3 is 24.2 Å². The number of ether oxygens (including phenoxy) is 3. The lowest BCUT2D eigenvalue weighted by molar-refractivity contribution is -0.140. The third-order valence-corrected chi connectivity index (χ3v) is 6.32. The van der Waals surface area contributed by atoms with Crippen molar-refractivity contribution < 1.29 is 28.9 Å². The highest BCUT2D eigenvalue weighted by atomic mass is 35.5. The van der Waals surface area contributed by atoms with Gasteiger partial charge in [0.1, 0.15) is 23.0 Å². The molecule has 8 heteroatoms. The molecule has 1 N–H and O–H groups in total. The highest BCUT2D eigenvalue weighted by molar-refractivity contribution is 6.46. The van der Waals surface area contributed by atoms with E-state index in [0.717, 1.165) is 5.56 Å². The van der Waals surface area contributed by atoms with Crippen molar-refractivity contribution in [3.63, 3.8) is 0 Å². The SMILES string of the molecule is COc1ccc(CN2C(=O)C(=O)/C(=C(/O)c3ccc(OC)c(Cl)c3)C2c2cccc(OC(C)C)c2)cc1. The second-order valence-electron chi connectivity index (χ2n) is 8.86. The molecule has 4 rings (SSSR count). The number of methoxy groups -OCH3 is 2. The number of rotatable bonds is 8. The van der Waals surface area contributed by atoms with Crippen LogP contribution in [0.4, 0.5) is 0 Å². The zero-order chi connectivity index (χ0) is 26.7. The Labute approximate surface area is 220 Å². The maximum absolute atomic E-state index is 13.4. The van der Waals surface area contributed by atoms with Crippen molar-refractivity contribution >= 4 is 29.1 Å². The number of carbonyl (C=O) groups excluding carboxylic acids is 2. The van der Waals surface area contributed by atoms with Crippen LogP contribution in [0, 0.1) is 0 Å². The Morgan fingerprint density at radius 2 is 1.70 bits per heavy atom. The number of aliphatic hydroxyl groups excluding tert-OH is 1. The van der Waals surface area contributed by atoms with E-state index in [9.17, 15) is 14.7 Å². The molecule has 192 valence electrons. The van der Waals surface area contributed by atoms with Crippen LogP contribution in [0.2, 0.25) is 5.02 Å². The quantitative estimate of drug-likeness (QED) is 0.230. The van der Waals surface area contributed by atoms with Gasteiger partial charge in [0.15, 0.2) is 0 Å². The van der Waals surface area contributed by atoms with Crippen molar-refractivity contribution in [2.45, 2.75) is 32.5 Å². The summed E-state index contributed by atoms with van der Waals surface area (Å²) >= 11 is 6.28. The molecule has 0 spiro atoms. The van der Waals surface area contributed by atoms with E-state index in [-0.39, 0.29) is 29.0 Å². The smallest absolute Gasteiger partial charge is 0.295 e. The van der Waals surface area contributed by atoms with Crippen LogP contribution < -0.4 is 14.2 Å². The molecule has 37 heavy (non-hydrogen) atoms. The van der Waals surface area contributed by atoms with E-state index < -0.39 is 17.7 Å². The normalized spacial score (nSPS) is 16.8. The number of hydrogen-bond donors (Lipinski definition) is 1. The molecule has 1 heterocycles. The molecule has 0 aromatic heterocycles. The number of nitrogens with zero attached hydrogens (tertiary/aromatic N) is 1. The number of amides is 1. The first-order valence-electron chi connectivity index (χ1n) is 11.7. The molecule has 0 bridgehead atoms. The number of benzene rings is 3. The lowest BCUT2D eigenvalue weighted by atomic mass is 9.95.